The molecule has 8 unspecified atom stereocenters. The summed E-state index contributed by atoms with van der Waals surface area (Å²) in [5.74, 6) is -0.300. The molecule has 540 valence electrons. The number of unbranched alkanes of at least 4 members (excludes halogenated alkanes) is 30. The first-order valence-corrected chi connectivity index (χ1v) is 35.6. The predicted octanol–water partition coefficient (Wildman–Crippen LogP) is 4.54. The number of hydrogen-bond acceptors (Lipinski definition) is 23. The summed E-state index contributed by atoms with van der Waals surface area (Å²) in [6.45, 7) is 0.564. The molecular weight excluding hydrogens is 1200 g/mol. The second-order valence-electron chi connectivity index (χ2n) is 26.0. The Bertz CT molecular complexity index is 1890. The van der Waals surface area contributed by atoms with Crippen molar-refractivity contribution in [2.75, 3.05) is 33.0 Å². The van der Waals surface area contributed by atoms with Crippen LogP contribution in [0.15, 0.2) is 24.3 Å². The molecule has 4 rings (SSSR count). The Hall–Kier alpha value is -1.93. The molecule has 4 fully saturated rings. The van der Waals surface area contributed by atoms with Crippen LogP contribution in [0.3, 0.4) is 0 Å². The summed E-state index contributed by atoms with van der Waals surface area (Å²) in [5.41, 5.74) is 0. The van der Waals surface area contributed by atoms with Crippen molar-refractivity contribution < 1.29 is 114 Å². The molecule has 0 aromatic heterocycles. The molecule has 15 N–H and O–H groups in total. The highest BCUT2D eigenvalue weighted by Gasteiger charge is 2.55. The second-order valence-corrected chi connectivity index (χ2v) is 26.0. The Morgan fingerprint density at radius 2 is 0.717 bits per heavy atom. The molecule has 24 nitrogen and oxygen atoms in total. The first-order valence-electron chi connectivity index (χ1n) is 35.6. The minimum Gasteiger partial charge on any atom is -0.394 e. The zero-order valence-corrected chi connectivity index (χ0v) is 55.5. The van der Waals surface area contributed by atoms with Crippen LogP contribution in [-0.4, -0.2) is 245 Å². The summed E-state index contributed by atoms with van der Waals surface area (Å²) in [6, 6.07) is -1.01. The van der Waals surface area contributed by atoms with Gasteiger partial charge in [0.25, 0.3) is 0 Å². The van der Waals surface area contributed by atoms with Crippen molar-refractivity contribution in [1.82, 2.24) is 5.32 Å². The minimum atomic E-state index is -2.09. The van der Waals surface area contributed by atoms with E-state index in [1.165, 1.54) is 154 Å². The van der Waals surface area contributed by atoms with Gasteiger partial charge < -0.3 is 115 Å². The molecule has 0 aliphatic carbocycles. The number of aliphatic hydroxyl groups is 14. The van der Waals surface area contributed by atoms with Crippen LogP contribution in [0.25, 0.3) is 0 Å². The van der Waals surface area contributed by atoms with Crippen molar-refractivity contribution in [2.24, 2.45) is 0 Å². The van der Waals surface area contributed by atoms with Crippen LogP contribution in [0, 0.1) is 0 Å². The topological polar surface area (TPSA) is 386 Å². The van der Waals surface area contributed by atoms with E-state index in [2.05, 4.69) is 31.3 Å². The maximum absolute atomic E-state index is 13.4. The molecule has 4 saturated heterocycles. The molecule has 4 aliphatic heterocycles. The third-order valence-corrected chi connectivity index (χ3v) is 18.4. The van der Waals surface area contributed by atoms with E-state index < -0.39 is 161 Å². The molecule has 0 spiro atoms. The van der Waals surface area contributed by atoms with E-state index in [-0.39, 0.29) is 18.9 Å². The summed E-state index contributed by atoms with van der Waals surface area (Å²) in [5, 5.41) is 154. The number of amides is 1. The Kier molecular flexibility index (Phi) is 43.7. The lowest BCUT2D eigenvalue weighted by molar-refractivity contribution is -0.389. The molecule has 4 aliphatic rings. The van der Waals surface area contributed by atoms with E-state index in [0.717, 1.165) is 44.9 Å². The number of carbonyl (C=O) groups is 1. The summed E-state index contributed by atoms with van der Waals surface area (Å²) in [7, 11) is 0. The zero-order valence-electron chi connectivity index (χ0n) is 55.5. The highest BCUT2D eigenvalue weighted by atomic mass is 16.8. The summed E-state index contributed by atoms with van der Waals surface area (Å²) >= 11 is 0. The normalized spacial score (nSPS) is 32.8. The monoisotopic (exact) mass is 1320 g/mol. The largest absolute Gasteiger partial charge is 0.394 e. The summed E-state index contributed by atoms with van der Waals surface area (Å²) in [6.07, 6.45) is 10.4. The number of nitrogens with one attached hydrogen (secondary N) is 1. The van der Waals surface area contributed by atoms with E-state index in [9.17, 15) is 76.3 Å². The van der Waals surface area contributed by atoms with Crippen LogP contribution in [0.4, 0.5) is 0 Å². The smallest absolute Gasteiger partial charge is 0.220 e. The summed E-state index contributed by atoms with van der Waals surface area (Å²) in [4.78, 5) is 13.4. The number of carbonyl (C=O) groups excluding carboxylic acids is 1. The van der Waals surface area contributed by atoms with Crippen LogP contribution in [0.2, 0.25) is 0 Å². The number of aliphatic hydroxyl groups excluding tert-OH is 14. The van der Waals surface area contributed by atoms with E-state index in [4.69, 9.17) is 37.9 Å². The van der Waals surface area contributed by atoms with E-state index in [0.29, 0.717) is 12.8 Å². The van der Waals surface area contributed by atoms with Crippen molar-refractivity contribution in [3.05, 3.63) is 24.3 Å². The van der Waals surface area contributed by atoms with Gasteiger partial charge in [-0.25, -0.2) is 0 Å². The Morgan fingerprint density at radius 1 is 0.380 bits per heavy atom. The highest BCUT2D eigenvalue weighted by molar-refractivity contribution is 5.76. The zero-order chi connectivity index (χ0) is 67.0. The molecular formula is C68H125NO23. The number of allylic oxidation sites excluding steroid dienone is 3. The fourth-order valence-corrected chi connectivity index (χ4v) is 12.4. The van der Waals surface area contributed by atoms with Gasteiger partial charge >= 0.3 is 0 Å². The molecule has 0 aromatic rings. The van der Waals surface area contributed by atoms with Crippen molar-refractivity contribution >= 4 is 5.91 Å². The van der Waals surface area contributed by atoms with Crippen LogP contribution >= 0.6 is 0 Å². The van der Waals surface area contributed by atoms with Gasteiger partial charge in [-0.1, -0.05) is 205 Å². The summed E-state index contributed by atoms with van der Waals surface area (Å²) < 4.78 is 45.8. The molecule has 4 heterocycles. The average molecular weight is 1320 g/mol. The number of hydrogen-bond donors (Lipinski definition) is 15. The standard InChI is InChI=1S/C68H125NO23/c1-3-5-7-9-11-13-15-17-18-19-20-21-22-23-24-25-26-28-30-32-34-36-38-40-52(75)69-46(47(74)39-37-35-33-31-29-27-16-14-12-10-8-6-4-2)45-85-65-59(82)56(79)62(50(43-72)88-65)90-67-60(83)57(80)63(51(44-73)89-67)91-68-61(84)64(54(77)49(42-71)87-68)92-66-58(81)55(78)53(76)48(41-70)86-66/h17-18,37,39,46-51,53-68,70-74,76-84H,3-16,19-36,38,40-45H2,1-2H3,(H,69,75)/b18-17-,39-37+/t46-,47+,48?,49?,50?,51?,53-,54-,55-,56+,57+,58?,59?,60?,61?,62+,63-,64-,65+,66+,67-,68-/m0/s1. The second kappa shape index (κ2) is 48.7. The van der Waals surface area contributed by atoms with Crippen LogP contribution in [-0.2, 0) is 42.7 Å². The molecule has 24 heteroatoms. The number of ether oxygens (including phenoxy) is 8. The lowest BCUT2D eigenvalue weighted by Gasteiger charge is -2.49. The van der Waals surface area contributed by atoms with Gasteiger partial charge in [0.2, 0.25) is 5.91 Å². The molecule has 92 heavy (non-hydrogen) atoms. The van der Waals surface area contributed by atoms with E-state index in [1.807, 2.05) is 6.08 Å². The van der Waals surface area contributed by atoms with Gasteiger partial charge in [0.05, 0.1) is 45.2 Å². The van der Waals surface area contributed by atoms with Crippen LogP contribution in [0.1, 0.15) is 232 Å². The van der Waals surface area contributed by atoms with E-state index >= 15 is 0 Å². The van der Waals surface area contributed by atoms with Gasteiger partial charge in [0.1, 0.15) is 97.7 Å². The van der Waals surface area contributed by atoms with Gasteiger partial charge in [-0.05, 0) is 44.9 Å². The maximum Gasteiger partial charge on any atom is 0.220 e. The van der Waals surface area contributed by atoms with Crippen molar-refractivity contribution in [1.29, 1.82) is 0 Å². The third-order valence-electron chi connectivity index (χ3n) is 18.4. The Labute approximate surface area is 548 Å². The molecule has 22 atom stereocenters. The fraction of sp³-hybridized carbons (Fsp3) is 0.926. The van der Waals surface area contributed by atoms with Gasteiger partial charge in [-0.3, -0.25) is 4.79 Å². The van der Waals surface area contributed by atoms with Crippen LogP contribution < -0.4 is 5.32 Å². The van der Waals surface area contributed by atoms with Crippen molar-refractivity contribution in [3.8, 4) is 0 Å². The predicted molar refractivity (Wildman–Crippen MR) is 342 cm³/mol. The molecule has 0 bridgehead atoms. The average Bonchev–Trinajstić information content (AvgIpc) is 0.807. The first-order chi connectivity index (χ1) is 44.6. The fourth-order valence-electron chi connectivity index (χ4n) is 12.4. The number of rotatable bonds is 51. The molecule has 0 radical (unpaired) electrons. The lowest BCUT2D eigenvalue weighted by Crippen LogP contribution is -2.67. The van der Waals surface area contributed by atoms with Crippen molar-refractivity contribution in [3.63, 3.8) is 0 Å². The van der Waals surface area contributed by atoms with Gasteiger partial charge in [-0.15, -0.1) is 0 Å². The maximum atomic E-state index is 13.4. The van der Waals surface area contributed by atoms with Gasteiger partial charge in [0.15, 0.2) is 25.2 Å². The highest BCUT2D eigenvalue weighted by Crippen LogP contribution is 2.35. The Morgan fingerprint density at radius 3 is 1.15 bits per heavy atom. The lowest BCUT2D eigenvalue weighted by atomic mass is 9.95. The first kappa shape index (κ1) is 82.5. The molecule has 0 saturated carbocycles. The van der Waals surface area contributed by atoms with Crippen LogP contribution in [0.5, 0.6) is 0 Å². The SMILES string of the molecule is CCCCCCCC/C=C\CCCCCCCCCCCCCCCC(=O)N[C@@H](CO[C@@H]1OC(CO)[C@@H](O[C@@H]2OC(CO)[C@H](O[C@@H]3OC(CO)[C@H](O)[C@H](O[C@H]4OC(CO)[C@H](O)[C@H](O)C4O)C3O)[C@H](O)C2O)[C@H](O)C1O)[C@H](O)/C=C/CCCCCCCCCCCCC. The van der Waals surface area contributed by atoms with Crippen molar-refractivity contribution in [2.45, 2.75) is 367 Å². The van der Waals surface area contributed by atoms with Gasteiger partial charge in [0, 0.05) is 6.42 Å². The minimum absolute atomic E-state index is 0.219. The van der Waals surface area contributed by atoms with E-state index in [1.54, 1.807) is 6.08 Å². The molecule has 0 aromatic carbocycles. The molecule has 1 amide bonds. The van der Waals surface area contributed by atoms with Gasteiger partial charge in [-0.2, -0.15) is 0 Å². The Balaban J connectivity index is 1.25. The quantitative estimate of drug-likeness (QED) is 0.0294. The third kappa shape index (κ3) is 29.3.